The number of ether oxygens (including phenoxy) is 1. The van der Waals surface area contributed by atoms with E-state index in [0.717, 1.165) is 0 Å². The Balaban J connectivity index is 3.04. The molecule has 0 saturated carbocycles. The monoisotopic (exact) mass is 169 g/mol. The van der Waals surface area contributed by atoms with Crippen molar-refractivity contribution in [2.45, 2.75) is 20.3 Å². The molecule has 0 atom stereocenters. The first-order valence-electron chi connectivity index (χ1n) is 3.73. The highest BCUT2D eigenvalue weighted by molar-refractivity contribution is 5.87. The average molecular weight is 169 g/mol. The summed E-state index contributed by atoms with van der Waals surface area (Å²) in [6.45, 7) is 3.61. The van der Waals surface area contributed by atoms with Gasteiger partial charge in [-0.1, -0.05) is 6.92 Å². The topological polar surface area (TPSA) is 52.3 Å². The number of oxazole rings is 1. The van der Waals surface area contributed by atoms with E-state index < -0.39 is 5.97 Å². The summed E-state index contributed by atoms with van der Waals surface area (Å²) in [7, 11) is 1.32. The highest BCUT2D eigenvalue weighted by atomic mass is 16.5. The van der Waals surface area contributed by atoms with Crippen molar-refractivity contribution in [2.75, 3.05) is 7.11 Å². The Kier molecular flexibility index (Phi) is 2.47. The molecule has 0 aliphatic heterocycles. The van der Waals surface area contributed by atoms with Crippen LogP contribution in [0.25, 0.3) is 0 Å². The smallest absolute Gasteiger partial charge is 0.375 e. The number of carbonyl (C=O) groups is 1. The summed E-state index contributed by atoms with van der Waals surface area (Å²) in [5.74, 6) is 0.247. The first kappa shape index (κ1) is 8.77. The number of aryl methyl sites for hydroxylation is 2. The summed E-state index contributed by atoms with van der Waals surface area (Å²) >= 11 is 0. The Morgan fingerprint density at radius 1 is 1.67 bits per heavy atom. The lowest BCUT2D eigenvalue weighted by atomic mass is 10.3. The molecule has 4 nitrogen and oxygen atoms in total. The first-order valence-corrected chi connectivity index (χ1v) is 3.73. The molecule has 0 radical (unpaired) electrons. The lowest BCUT2D eigenvalue weighted by Crippen LogP contribution is -2.02. The number of hydrogen-bond acceptors (Lipinski definition) is 4. The summed E-state index contributed by atoms with van der Waals surface area (Å²) in [4.78, 5) is 15.1. The Morgan fingerprint density at radius 2 is 2.33 bits per heavy atom. The third kappa shape index (κ3) is 1.47. The van der Waals surface area contributed by atoms with Gasteiger partial charge in [-0.05, 0) is 6.42 Å². The lowest BCUT2D eigenvalue weighted by Gasteiger charge is -1.94. The molecule has 12 heavy (non-hydrogen) atoms. The number of esters is 1. The predicted molar refractivity (Wildman–Crippen MR) is 42.0 cm³/mol. The maximum Gasteiger partial charge on any atom is 0.375 e. The molecule has 0 saturated heterocycles. The minimum absolute atomic E-state index is 0.220. The van der Waals surface area contributed by atoms with Gasteiger partial charge in [0.1, 0.15) is 0 Å². The highest BCUT2D eigenvalue weighted by Crippen LogP contribution is 2.11. The number of carbonyl (C=O) groups excluding carboxylic acids is 1. The normalized spacial score (nSPS) is 9.92. The Morgan fingerprint density at radius 3 is 2.83 bits per heavy atom. The van der Waals surface area contributed by atoms with Crippen LogP contribution in [-0.4, -0.2) is 18.1 Å². The van der Waals surface area contributed by atoms with E-state index in [4.69, 9.17) is 4.42 Å². The molecule has 1 aromatic heterocycles. The Hall–Kier alpha value is -1.32. The molecule has 0 N–H and O–H groups in total. The number of methoxy groups -OCH3 is 1. The summed E-state index contributed by atoms with van der Waals surface area (Å²) in [6, 6.07) is 0. The molecular formula is C8H11NO3. The van der Waals surface area contributed by atoms with Crippen molar-refractivity contribution in [3.8, 4) is 0 Å². The predicted octanol–water partition coefficient (Wildman–Crippen LogP) is 1.33. The van der Waals surface area contributed by atoms with Gasteiger partial charge in [0.05, 0.1) is 12.8 Å². The largest absolute Gasteiger partial charge is 0.463 e. The van der Waals surface area contributed by atoms with Gasteiger partial charge in [0.2, 0.25) is 5.76 Å². The van der Waals surface area contributed by atoms with Gasteiger partial charge in [-0.25, -0.2) is 9.78 Å². The van der Waals surface area contributed by atoms with Crippen LogP contribution >= 0.6 is 0 Å². The van der Waals surface area contributed by atoms with Gasteiger partial charge >= 0.3 is 5.97 Å². The van der Waals surface area contributed by atoms with Gasteiger partial charge in [-0.3, -0.25) is 0 Å². The number of nitrogens with zero attached hydrogens (tertiary/aromatic N) is 1. The van der Waals surface area contributed by atoms with E-state index in [1.807, 2.05) is 6.92 Å². The standard InChI is InChI=1S/C8H11NO3/c1-4-6-7(8(10)11-3)12-5(2)9-6/h4H2,1-3H3. The molecule has 1 aromatic rings. The lowest BCUT2D eigenvalue weighted by molar-refractivity contribution is 0.0562. The van der Waals surface area contributed by atoms with Gasteiger partial charge in [-0.15, -0.1) is 0 Å². The molecule has 1 rings (SSSR count). The fraction of sp³-hybridized carbons (Fsp3) is 0.500. The van der Waals surface area contributed by atoms with Crippen LogP contribution in [0.4, 0.5) is 0 Å². The molecular weight excluding hydrogens is 158 g/mol. The maximum absolute atomic E-state index is 11.1. The second-order valence-corrected chi connectivity index (χ2v) is 2.35. The van der Waals surface area contributed by atoms with Crippen molar-refractivity contribution in [2.24, 2.45) is 0 Å². The van der Waals surface area contributed by atoms with Crippen LogP contribution in [0, 0.1) is 6.92 Å². The number of rotatable bonds is 2. The molecule has 0 spiro atoms. The second kappa shape index (κ2) is 3.38. The van der Waals surface area contributed by atoms with Crippen LogP contribution in [0.2, 0.25) is 0 Å². The van der Waals surface area contributed by atoms with Gasteiger partial charge in [-0.2, -0.15) is 0 Å². The summed E-state index contributed by atoms with van der Waals surface area (Å²) in [5, 5.41) is 0. The maximum atomic E-state index is 11.1. The van der Waals surface area contributed by atoms with Crippen LogP contribution in [-0.2, 0) is 11.2 Å². The minimum Gasteiger partial charge on any atom is -0.463 e. The fourth-order valence-electron chi connectivity index (χ4n) is 0.962. The van der Waals surface area contributed by atoms with E-state index >= 15 is 0 Å². The Bertz CT molecular complexity index is 290. The summed E-state index contributed by atoms with van der Waals surface area (Å²) in [5.41, 5.74) is 0.652. The molecule has 0 bridgehead atoms. The van der Waals surface area contributed by atoms with E-state index in [9.17, 15) is 4.79 Å². The molecule has 0 fully saturated rings. The van der Waals surface area contributed by atoms with Crippen molar-refractivity contribution in [1.29, 1.82) is 0 Å². The molecule has 0 aromatic carbocycles. The van der Waals surface area contributed by atoms with Gasteiger partial charge < -0.3 is 9.15 Å². The van der Waals surface area contributed by atoms with E-state index in [1.54, 1.807) is 6.92 Å². The zero-order chi connectivity index (χ0) is 9.14. The van der Waals surface area contributed by atoms with E-state index in [1.165, 1.54) is 7.11 Å². The van der Waals surface area contributed by atoms with Crippen LogP contribution in [0.1, 0.15) is 29.1 Å². The van der Waals surface area contributed by atoms with Gasteiger partial charge in [0.15, 0.2) is 5.89 Å². The fourth-order valence-corrected chi connectivity index (χ4v) is 0.962. The summed E-state index contributed by atoms with van der Waals surface area (Å²) in [6.07, 6.45) is 0.668. The second-order valence-electron chi connectivity index (χ2n) is 2.35. The number of hydrogen-bond donors (Lipinski definition) is 0. The SMILES string of the molecule is CCc1nc(C)oc1C(=O)OC. The molecule has 0 aliphatic rings. The third-order valence-corrected chi connectivity index (χ3v) is 1.51. The molecule has 0 amide bonds. The van der Waals surface area contributed by atoms with Crippen LogP contribution in [0.15, 0.2) is 4.42 Å². The van der Waals surface area contributed by atoms with Gasteiger partial charge in [0, 0.05) is 6.92 Å². The molecule has 0 aliphatic carbocycles. The van der Waals surface area contributed by atoms with Crippen molar-refractivity contribution >= 4 is 5.97 Å². The van der Waals surface area contributed by atoms with E-state index in [2.05, 4.69) is 9.72 Å². The minimum atomic E-state index is -0.465. The molecule has 66 valence electrons. The molecule has 1 heterocycles. The van der Waals surface area contributed by atoms with Crippen LogP contribution < -0.4 is 0 Å². The third-order valence-electron chi connectivity index (χ3n) is 1.51. The van der Waals surface area contributed by atoms with E-state index in [0.29, 0.717) is 18.0 Å². The van der Waals surface area contributed by atoms with Crippen LogP contribution in [0.3, 0.4) is 0 Å². The van der Waals surface area contributed by atoms with Crippen molar-refractivity contribution in [3.05, 3.63) is 17.3 Å². The zero-order valence-electron chi connectivity index (χ0n) is 7.38. The molecule has 4 heteroatoms. The Labute approximate surface area is 70.5 Å². The average Bonchev–Trinajstić information content (AvgIpc) is 2.45. The molecule has 0 unspecified atom stereocenters. The highest BCUT2D eigenvalue weighted by Gasteiger charge is 2.17. The van der Waals surface area contributed by atoms with Crippen LogP contribution in [0.5, 0.6) is 0 Å². The van der Waals surface area contributed by atoms with Crippen molar-refractivity contribution < 1.29 is 13.9 Å². The first-order chi connectivity index (χ1) is 5.69. The quantitative estimate of drug-likeness (QED) is 0.627. The van der Waals surface area contributed by atoms with E-state index in [-0.39, 0.29) is 5.76 Å². The number of aromatic nitrogens is 1. The van der Waals surface area contributed by atoms with Crippen molar-refractivity contribution in [1.82, 2.24) is 4.98 Å². The van der Waals surface area contributed by atoms with Gasteiger partial charge in [0.25, 0.3) is 0 Å². The zero-order valence-corrected chi connectivity index (χ0v) is 7.38. The van der Waals surface area contributed by atoms with Crippen molar-refractivity contribution in [3.63, 3.8) is 0 Å². The summed E-state index contributed by atoms with van der Waals surface area (Å²) < 4.78 is 9.59.